The molecule has 0 aliphatic rings. The van der Waals surface area contributed by atoms with Crippen LogP contribution in [0.2, 0.25) is 10.0 Å². The van der Waals surface area contributed by atoms with Crippen LogP contribution in [-0.2, 0) is 6.54 Å². The van der Waals surface area contributed by atoms with Crippen molar-refractivity contribution in [2.24, 2.45) is 0 Å². The second kappa shape index (κ2) is 7.40. The molecule has 2 nitrogen and oxygen atoms in total. The number of ether oxygens (including phenoxy) is 1. The number of hydrogen-bond acceptors (Lipinski definition) is 2. The van der Waals surface area contributed by atoms with Crippen molar-refractivity contribution in [3.63, 3.8) is 0 Å². The van der Waals surface area contributed by atoms with Crippen molar-refractivity contribution in [3.8, 4) is 11.5 Å². The van der Waals surface area contributed by atoms with Crippen LogP contribution in [0.5, 0.6) is 11.5 Å². The van der Waals surface area contributed by atoms with E-state index < -0.39 is 0 Å². The second-order valence-corrected chi connectivity index (χ2v) is 5.94. The Hall–Kier alpha value is -2.16. The average Bonchev–Trinajstić information content (AvgIpc) is 2.54. The number of anilines is 1. The van der Waals surface area contributed by atoms with E-state index in [1.54, 1.807) is 6.07 Å². The highest BCUT2D eigenvalue weighted by Crippen LogP contribution is 2.23. The van der Waals surface area contributed by atoms with E-state index in [2.05, 4.69) is 5.32 Å². The van der Waals surface area contributed by atoms with Gasteiger partial charge in [0, 0.05) is 22.3 Å². The average molecular weight is 344 g/mol. The van der Waals surface area contributed by atoms with Gasteiger partial charge in [0.25, 0.3) is 0 Å². The van der Waals surface area contributed by atoms with Crippen LogP contribution < -0.4 is 10.1 Å². The Kier molecular flexibility index (Phi) is 5.06. The molecule has 0 aliphatic carbocycles. The SMILES string of the molecule is Clc1cc(Cl)cc(CNc2ccc(Oc3ccccc3)cc2)c1. The van der Waals surface area contributed by atoms with Gasteiger partial charge in [-0.15, -0.1) is 0 Å². The highest BCUT2D eigenvalue weighted by Gasteiger charge is 2.00. The molecule has 0 saturated carbocycles. The molecule has 0 atom stereocenters. The quantitative estimate of drug-likeness (QED) is 0.578. The monoisotopic (exact) mass is 343 g/mol. The summed E-state index contributed by atoms with van der Waals surface area (Å²) in [5, 5.41) is 4.61. The van der Waals surface area contributed by atoms with Crippen molar-refractivity contribution in [2.75, 3.05) is 5.32 Å². The van der Waals surface area contributed by atoms with Gasteiger partial charge in [0.1, 0.15) is 11.5 Å². The molecule has 0 fully saturated rings. The fourth-order valence-corrected chi connectivity index (χ4v) is 2.75. The molecule has 0 aromatic heterocycles. The molecular formula is C19H15Cl2NO. The third-order valence-corrected chi connectivity index (χ3v) is 3.69. The van der Waals surface area contributed by atoms with Crippen molar-refractivity contribution < 1.29 is 4.74 Å². The van der Waals surface area contributed by atoms with Crippen LogP contribution in [0, 0.1) is 0 Å². The lowest BCUT2D eigenvalue weighted by Crippen LogP contribution is -1.99. The van der Waals surface area contributed by atoms with E-state index in [0.29, 0.717) is 16.6 Å². The summed E-state index contributed by atoms with van der Waals surface area (Å²) >= 11 is 12.0. The highest BCUT2D eigenvalue weighted by molar-refractivity contribution is 6.34. The number of nitrogens with one attached hydrogen (secondary N) is 1. The lowest BCUT2D eigenvalue weighted by atomic mass is 10.2. The van der Waals surface area contributed by atoms with E-state index in [1.165, 1.54) is 0 Å². The van der Waals surface area contributed by atoms with Crippen LogP contribution in [0.3, 0.4) is 0 Å². The topological polar surface area (TPSA) is 21.3 Å². The molecule has 3 aromatic carbocycles. The largest absolute Gasteiger partial charge is 0.457 e. The first-order valence-corrected chi connectivity index (χ1v) is 7.96. The summed E-state index contributed by atoms with van der Waals surface area (Å²) in [7, 11) is 0. The van der Waals surface area contributed by atoms with Crippen LogP contribution >= 0.6 is 23.2 Å². The Labute approximate surface area is 145 Å². The fraction of sp³-hybridized carbons (Fsp3) is 0.0526. The molecule has 23 heavy (non-hydrogen) atoms. The first-order valence-electron chi connectivity index (χ1n) is 7.21. The minimum Gasteiger partial charge on any atom is -0.457 e. The number of benzene rings is 3. The van der Waals surface area contributed by atoms with E-state index in [4.69, 9.17) is 27.9 Å². The molecule has 3 aromatic rings. The van der Waals surface area contributed by atoms with Crippen LogP contribution in [0.4, 0.5) is 5.69 Å². The maximum atomic E-state index is 6.00. The third-order valence-electron chi connectivity index (χ3n) is 3.25. The predicted octanol–water partition coefficient (Wildman–Crippen LogP) is 6.40. The Morgan fingerprint density at radius 2 is 1.35 bits per heavy atom. The van der Waals surface area contributed by atoms with Gasteiger partial charge >= 0.3 is 0 Å². The lowest BCUT2D eigenvalue weighted by Gasteiger charge is -2.09. The lowest BCUT2D eigenvalue weighted by molar-refractivity contribution is 0.483. The van der Waals surface area contributed by atoms with Gasteiger partial charge in [0.05, 0.1) is 0 Å². The molecular weight excluding hydrogens is 329 g/mol. The van der Waals surface area contributed by atoms with Crippen molar-refractivity contribution in [3.05, 3.63) is 88.4 Å². The van der Waals surface area contributed by atoms with E-state index in [9.17, 15) is 0 Å². The van der Waals surface area contributed by atoms with Gasteiger partial charge in [-0.25, -0.2) is 0 Å². The van der Waals surface area contributed by atoms with E-state index in [-0.39, 0.29) is 0 Å². The Morgan fingerprint density at radius 3 is 2.00 bits per heavy atom. The summed E-state index contributed by atoms with van der Waals surface area (Å²) in [6.45, 7) is 0.652. The maximum absolute atomic E-state index is 6.00. The van der Waals surface area contributed by atoms with Crippen LogP contribution in [0.15, 0.2) is 72.8 Å². The van der Waals surface area contributed by atoms with Gasteiger partial charge in [0.2, 0.25) is 0 Å². The normalized spacial score (nSPS) is 10.3. The Morgan fingerprint density at radius 1 is 0.739 bits per heavy atom. The van der Waals surface area contributed by atoms with Crippen LogP contribution in [0.25, 0.3) is 0 Å². The molecule has 0 spiro atoms. The number of hydrogen-bond donors (Lipinski definition) is 1. The van der Waals surface area contributed by atoms with Crippen molar-refractivity contribution >= 4 is 28.9 Å². The van der Waals surface area contributed by atoms with Crippen molar-refractivity contribution in [1.29, 1.82) is 0 Å². The molecule has 116 valence electrons. The molecule has 0 amide bonds. The number of para-hydroxylation sites is 1. The van der Waals surface area contributed by atoms with E-state index in [1.807, 2.05) is 66.7 Å². The first kappa shape index (κ1) is 15.7. The zero-order valence-corrected chi connectivity index (χ0v) is 13.8. The molecule has 0 saturated heterocycles. The summed E-state index contributed by atoms with van der Waals surface area (Å²) < 4.78 is 5.76. The van der Waals surface area contributed by atoms with Gasteiger partial charge in [-0.05, 0) is 60.2 Å². The maximum Gasteiger partial charge on any atom is 0.127 e. The van der Waals surface area contributed by atoms with Crippen LogP contribution in [-0.4, -0.2) is 0 Å². The van der Waals surface area contributed by atoms with Gasteiger partial charge < -0.3 is 10.1 Å². The Balaban J connectivity index is 1.61. The Bertz CT molecular complexity index is 753. The minimum absolute atomic E-state index is 0.640. The highest BCUT2D eigenvalue weighted by atomic mass is 35.5. The smallest absolute Gasteiger partial charge is 0.127 e. The summed E-state index contributed by atoms with van der Waals surface area (Å²) in [5.74, 6) is 1.62. The number of halogens is 2. The number of rotatable bonds is 5. The predicted molar refractivity (Wildman–Crippen MR) is 96.7 cm³/mol. The van der Waals surface area contributed by atoms with E-state index >= 15 is 0 Å². The van der Waals surface area contributed by atoms with Gasteiger partial charge in [0.15, 0.2) is 0 Å². The fourth-order valence-electron chi connectivity index (χ4n) is 2.18. The van der Waals surface area contributed by atoms with Gasteiger partial charge in [-0.2, -0.15) is 0 Å². The molecule has 0 aliphatic heterocycles. The molecule has 1 N–H and O–H groups in total. The van der Waals surface area contributed by atoms with Gasteiger partial charge in [-0.1, -0.05) is 41.4 Å². The molecule has 3 rings (SSSR count). The zero-order chi connectivity index (χ0) is 16.1. The van der Waals surface area contributed by atoms with Crippen LogP contribution in [0.1, 0.15) is 5.56 Å². The summed E-state index contributed by atoms with van der Waals surface area (Å²) in [6.07, 6.45) is 0. The molecule has 0 bridgehead atoms. The first-order chi connectivity index (χ1) is 11.2. The molecule has 0 radical (unpaired) electrons. The third kappa shape index (κ3) is 4.65. The van der Waals surface area contributed by atoms with Gasteiger partial charge in [-0.3, -0.25) is 0 Å². The summed E-state index contributed by atoms with van der Waals surface area (Å²) in [4.78, 5) is 0. The molecule has 4 heteroatoms. The van der Waals surface area contributed by atoms with Crippen molar-refractivity contribution in [1.82, 2.24) is 0 Å². The zero-order valence-electron chi connectivity index (χ0n) is 12.3. The second-order valence-electron chi connectivity index (χ2n) is 5.07. The standard InChI is InChI=1S/C19H15Cl2NO/c20-15-10-14(11-16(21)12-15)13-22-17-6-8-19(9-7-17)23-18-4-2-1-3-5-18/h1-12,22H,13H2. The van der Waals surface area contributed by atoms with Crippen molar-refractivity contribution in [2.45, 2.75) is 6.54 Å². The summed E-state index contributed by atoms with van der Waals surface area (Å²) in [6, 6.07) is 23.0. The summed E-state index contributed by atoms with van der Waals surface area (Å²) in [5.41, 5.74) is 2.04. The van der Waals surface area contributed by atoms with E-state index in [0.717, 1.165) is 22.7 Å². The minimum atomic E-state index is 0.640. The molecule has 0 heterocycles. The molecule has 0 unspecified atom stereocenters.